The number of nitrogens with zero attached hydrogens (tertiary/aromatic N) is 2. The zero-order valence-corrected chi connectivity index (χ0v) is 21.3. The van der Waals surface area contributed by atoms with Crippen LogP contribution in [0.2, 0.25) is 0 Å². The van der Waals surface area contributed by atoms with Gasteiger partial charge in [0.05, 0.1) is 6.54 Å². The molecule has 0 spiro atoms. The van der Waals surface area contributed by atoms with Gasteiger partial charge in [-0.2, -0.15) is 0 Å². The summed E-state index contributed by atoms with van der Waals surface area (Å²) in [7, 11) is 1.76. The van der Waals surface area contributed by atoms with Crippen molar-refractivity contribution in [1.29, 1.82) is 0 Å². The molecule has 2 aromatic rings. The molecule has 0 saturated carbocycles. The van der Waals surface area contributed by atoms with E-state index in [2.05, 4.69) is 34.7 Å². The smallest absolute Gasteiger partial charge is 0.223 e. The third-order valence-electron chi connectivity index (χ3n) is 5.59. The first kappa shape index (κ1) is 26.0. The molecule has 6 nitrogen and oxygen atoms in total. The molecule has 7 heteroatoms. The molecule has 2 unspecified atom stereocenters. The average molecular weight is 550 g/mol. The molecule has 1 aliphatic rings. The van der Waals surface area contributed by atoms with Gasteiger partial charge in [0.15, 0.2) is 5.96 Å². The second kappa shape index (κ2) is 14.0. The van der Waals surface area contributed by atoms with Crippen molar-refractivity contribution < 1.29 is 9.53 Å². The quantitative estimate of drug-likeness (QED) is 0.269. The molecule has 0 bridgehead atoms. The highest BCUT2D eigenvalue weighted by Gasteiger charge is 2.29. The Labute approximate surface area is 208 Å². The highest BCUT2D eigenvalue weighted by molar-refractivity contribution is 14.0. The molecular formula is C25H35IN4O2. The molecule has 0 aromatic heterocycles. The fraction of sp³-hybridized carbons (Fsp3) is 0.440. The standard InChI is InChI=1S/C25H34N4O2.HI/c1-3-22(31-23-12-8-5-9-13-23)18-28-25(26-2)27-17-21-16-24(30)29(19-21)15-14-20-10-6-4-7-11-20;/h4-13,21-22H,3,14-19H2,1-2H3,(H2,26,27,28);1H. The van der Waals surface area contributed by atoms with E-state index in [4.69, 9.17) is 4.74 Å². The monoisotopic (exact) mass is 550 g/mol. The molecule has 1 aliphatic heterocycles. The average Bonchev–Trinajstić information content (AvgIpc) is 3.17. The molecule has 174 valence electrons. The van der Waals surface area contributed by atoms with E-state index < -0.39 is 0 Å². The summed E-state index contributed by atoms with van der Waals surface area (Å²) in [5, 5.41) is 6.72. The minimum absolute atomic E-state index is 0. The van der Waals surface area contributed by atoms with Crippen LogP contribution in [-0.2, 0) is 11.2 Å². The summed E-state index contributed by atoms with van der Waals surface area (Å²) in [5.41, 5.74) is 1.27. The molecule has 1 fully saturated rings. The van der Waals surface area contributed by atoms with Crippen molar-refractivity contribution in [2.75, 3.05) is 33.2 Å². The van der Waals surface area contributed by atoms with E-state index in [1.807, 2.05) is 53.4 Å². The van der Waals surface area contributed by atoms with Crippen molar-refractivity contribution in [3.05, 3.63) is 66.2 Å². The Hall–Kier alpha value is -2.29. The van der Waals surface area contributed by atoms with E-state index in [1.165, 1.54) is 5.56 Å². The van der Waals surface area contributed by atoms with Gasteiger partial charge in [-0.15, -0.1) is 24.0 Å². The number of likely N-dealkylation sites (tertiary alicyclic amines) is 1. The molecule has 3 rings (SSSR count). The summed E-state index contributed by atoms with van der Waals surface area (Å²) in [6, 6.07) is 20.2. The molecule has 1 amide bonds. The number of carbonyl (C=O) groups excluding carboxylic acids is 1. The summed E-state index contributed by atoms with van der Waals surface area (Å²) in [6.07, 6.45) is 2.44. The van der Waals surface area contributed by atoms with Gasteiger partial charge < -0.3 is 20.3 Å². The number of amides is 1. The van der Waals surface area contributed by atoms with Gasteiger partial charge >= 0.3 is 0 Å². The van der Waals surface area contributed by atoms with Gasteiger partial charge in [0.25, 0.3) is 0 Å². The molecule has 0 radical (unpaired) electrons. The minimum Gasteiger partial charge on any atom is -0.489 e. The van der Waals surface area contributed by atoms with E-state index in [1.54, 1.807) is 7.05 Å². The number of guanidine groups is 1. The molecule has 1 saturated heterocycles. The van der Waals surface area contributed by atoms with Crippen LogP contribution in [0.1, 0.15) is 25.3 Å². The van der Waals surface area contributed by atoms with Gasteiger partial charge in [0, 0.05) is 39.0 Å². The number of aliphatic imine (C=N–C) groups is 1. The number of para-hydroxylation sites is 1. The van der Waals surface area contributed by atoms with Gasteiger partial charge in [0.2, 0.25) is 5.91 Å². The lowest BCUT2D eigenvalue weighted by molar-refractivity contribution is -0.127. The Morgan fingerprint density at radius 2 is 1.81 bits per heavy atom. The highest BCUT2D eigenvalue weighted by atomic mass is 127. The number of hydrogen-bond donors (Lipinski definition) is 2. The SMILES string of the molecule is CCC(CNC(=NC)NCC1CC(=O)N(CCc2ccccc2)C1)Oc1ccccc1.I. The van der Waals surface area contributed by atoms with E-state index in [9.17, 15) is 4.79 Å². The third kappa shape index (κ3) is 8.33. The lowest BCUT2D eigenvalue weighted by Gasteiger charge is -2.21. The van der Waals surface area contributed by atoms with Gasteiger partial charge in [-0.05, 0) is 30.5 Å². The van der Waals surface area contributed by atoms with Crippen LogP contribution >= 0.6 is 24.0 Å². The Bertz CT molecular complexity index is 832. The Balaban J connectivity index is 0.00000363. The zero-order valence-electron chi connectivity index (χ0n) is 19.0. The minimum atomic E-state index is 0. The van der Waals surface area contributed by atoms with Gasteiger partial charge in [-0.25, -0.2) is 0 Å². The lowest BCUT2D eigenvalue weighted by atomic mass is 10.1. The maximum Gasteiger partial charge on any atom is 0.223 e. The van der Waals surface area contributed by atoms with Crippen molar-refractivity contribution >= 4 is 35.8 Å². The number of ether oxygens (including phenoxy) is 1. The molecule has 2 aromatic carbocycles. The number of rotatable bonds is 10. The Kier molecular flexibility index (Phi) is 11.3. The number of halogens is 1. The van der Waals surface area contributed by atoms with Crippen LogP contribution in [0.25, 0.3) is 0 Å². The molecule has 2 N–H and O–H groups in total. The van der Waals surface area contributed by atoms with Crippen LogP contribution in [0.5, 0.6) is 5.75 Å². The van der Waals surface area contributed by atoms with Crippen molar-refractivity contribution in [2.24, 2.45) is 10.9 Å². The summed E-state index contributed by atoms with van der Waals surface area (Å²) in [5.74, 6) is 2.15. The summed E-state index contributed by atoms with van der Waals surface area (Å²) < 4.78 is 6.03. The molecule has 32 heavy (non-hydrogen) atoms. The number of nitrogens with one attached hydrogen (secondary N) is 2. The van der Waals surface area contributed by atoms with Crippen molar-refractivity contribution in [3.63, 3.8) is 0 Å². The van der Waals surface area contributed by atoms with Crippen LogP contribution in [0.4, 0.5) is 0 Å². The first-order valence-electron chi connectivity index (χ1n) is 11.2. The summed E-state index contributed by atoms with van der Waals surface area (Å²) in [6.45, 7) is 5.08. The van der Waals surface area contributed by atoms with Crippen LogP contribution in [0, 0.1) is 5.92 Å². The second-order valence-electron chi connectivity index (χ2n) is 7.94. The Morgan fingerprint density at radius 1 is 1.12 bits per heavy atom. The zero-order chi connectivity index (χ0) is 21.9. The van der Waals surface area contributed by atoms with Crippen molar-refractivity contribution in [1.82, 2.24) is 15.5 Å². The molecule has 0 aliphatic carbocycles. The first-order valence-corrected chi connectivity index (χ1v) is 11.2. The van der Waals surface area contributed by atoms with Gasteiger partial charge in [0.1, 0.15) is 11.9 Å². The second-order valence-corrected chi connectivity index (χ2v) is 7.94. The fourth-order valence-electron chi connectivity index (χ4n) is 3.75. The highest BCUT2D eigenvalue weighted by Crippen LogP contribution is 2.17. The van der Waals surface area contributed by atoms with Gasteiger partial charge in [-0.1, -0.05) is 55.5 Å². The number of benzene rings is 2. The largest absolute Gasteiger partial charge is 0.489 e. The van der Waals surface area contributed by atoms with Crippen LogP contribution in [-0.4, -0.2) is 56.1 Å². The number of carbonyl (C=O) groups is 1. The third-order valence-corrected chi connectivity index (χ3v) is 5.59. The van der Waals surface area contributed by atoms with Crippen LogP contribution < -0.4 is 15.4 Å². The van der Waals surface area contributed by atoms with Gasteiger partial charge in [-0.3, -0.25) is 9.79 Å². The summed E-state index contributed by atoms with van der Waals surface area (Å²) >= 11 is 0. The maximum atomic E-state index is 12.4. The number of hydrogen-bond acceptors (Lipinski definition) is 3. The maximum absolute atomic E-state index is 12.4. The summed E-state index contributed by atoms with van der Waals surface area (Å²) in [4.78, 5) is 18.7. The lowest BCUT2D eigenvalue weighted by Crippen LogP contribution is -2.44. The molecular weight excluding hydrogens is 515 g/mol. The predicted molar refractivity (Wildman–Crippen MR) is 141 cm³/mol. The first-order chi connectivity index (χ1) is 15.2. The Morgan fingerprint density at radius 3 is 2.47 bits per heavy atom. The van der Waals surface area contributed by atoms with Crippen LogP contribution in [0.3, 0.4) is 0 Å². The fourth-order valence-corrected chi connectivity index (χ4v) is 3.75. The van der Waals surface area contributed by atoms with Crippen molar-refractivity contribution in [3.8, 4) is 5.75 Å². The van der Waals surface area contributed by atoms with Crippen molar-refractivity contribution in [2.45, 2.75) is 32.3 Å². The van der Waals surface area contributed by atoms with E-state index in [0.29, 0.717) is 18.9 Å². The predicted octanol–water partition coefficient (Wildman–Crippen LogP) is 3.72. The molecule has 2 atom stereocenters. The van der Waals surface area contributed by atoms with E-state index >= 15 is 0 Å². The van der Waals surface area contributed by atoms with Crippen LogP contribution in [0.15, 0.2) is 65.7 Å². The molecule has 1 heterocycles. The normalized spacial score (nSPS) is 16.9. The van der Waals surface area contributed by atoms with E-state index in [-0.39, 0.29) is 36.0 Å². The van der Waals surface area contributed by atoms with E-state index in [0.717, 1.165) is 44.2 Å². The topological polar surface area (TPSA) is 66.0 Å².